The number of halogens is 1. The number of anilines is 2. The summed E-state index contributed by atoms with van der Waals surface area (Å²) in [4.78, 5) is 29.6. The molecule has 3 aromatic rings. The van der Waals surface area contributed by atoms with Gasteiger partial charge in [0.25, 0.3) is 0 Å². The first-order chi connectivity index (χ1) is 13.9. The van der Waals surface area contributed by atoms with Gasteiger partial charge < -0.3 is 10.1 Å². The third-order valence-corrected chi connectivity index (χ3v) is 4.64. The Morgan fingerprint density at radius 1 is 1.03 bits per heavy atom. The Morgan fingerprint density at radius 3 is 2.24 bits per heavy atom. The van der Waals surface area contributed by atoms with Crippen LogP contribution >= 0.6 is 11.6 Å². The van der Waals surface area contributed by atoms with E-state index in [1.54, 1.807) is 33.1 Å². The fourth-order valence-electron chi connectivity index (χ4n) is 2.94. The maximum absolute atomic E-state index is 13.1. The van der Waals surface area contributed by atoms with Crippen LogP contribution in [0.15, 0.2) is 58.1 Å². The molecule has 2 aromatic carbocycles. The molecule has 0 aliphatic heterocycles. The van der Waals surface area contributed by atoms with Gasteiger partial charge in [0.2, 0.25) is 5.95 Å². The molecule has 152 valence electrons. The normalized spacial score (nSPS) is 11.1. The Balaban J connectivity index is 2.03. The number of aromatic nitrogens is 3. The summed E-state index contributed by atoms with van der Waals surface area (Å²) in [5, 5.41) is 3.70. The topological polar surface area (TPSA) is 78.2 Å². The first kappa shape index (κ1) is 20.8. The molecule has 0 radical (unpaired) electrons. The Morgan fingerprint density at radius 2 is 1.66 bits per heavy atom. The lowest BCUT2D eigenvalue weighted by Crippen LogP contribution is -2.43. The van der Waals surface area contributed by atoms with Crippen LogP contribution in [0.4, 0.5) is 11.6 Å². The van der Waals surface area contributed by atoms with E-state index in [1.807, 2.05) is 36.4 Å². The molecular formula is C21H23ClN4O3. The zero-order chi connectivity index (χ0) is 21.0. The molecule has 1 aromatic heterocycles. The lowest BCUT2D eigenvalue weighted by atomic mass is 10.2. The van der Waals surface area contributed by atoms with Gasteiger partial charge in [-0.2, -0.15) is 4.98 Å². The molecule has 3 rings (SSSR count). The van der Waals surface area contributed by atoms with Gasteiger partial charge in [-0.25, -0.2) is 14.2 Å². The molecule has 29 heavy (non-hydrogen) atoms. The fraction of sp³-hybridized carbons (Fsp3) is 0.286. The van der Waals surface area contributed by atoms with Gasteiger partial charge >= 0.3 is 11.4 Å². The summed E-state index contributed by atoms with van der Waals surface area (Å²) in [6, 6.07) is 14.4. The fourth-order valence-corrected chi connectivity index (χ4v) is 3.07. The zero-order valence-corrected chi connectivity index (χ0v) is 17.3. The van der Waals surface area contributed by atoms with Gasteiger partial charge in [0.05, 0.1) is 13.2 Å². The summed E-state index contributed by atoms with van der Waals surface area (Å²) in [5.41, 5.74) is 1.58. The van der Waals surface area contributed by atoms with E-state index < -0.39 is 11.4 Å². The van der Waals surface area contributed by atoms with E-state index in [0.717, 1.165) is 15.7 Å². The van der Waals surface area contributed by atoms with Crippen molar-refractivity contribution in [2.45, 2.75) is 33.0 Å². The molecule has 0 spiro atoms. The van der Waals surface area contributed by atoms with E-state index in [2.05, 4.69) is 10.3 Å². The molecule has 0 unspecified atom stereocenters. The maximum Gasteiger partial charge on any atom is 0.355 e. The molecule has 7 nitrogen and oxygen atoms in total. The van der Waals surface area contributed by atoms with Crippen LogP contribution in [-0.4, -0.2) is 21.2 Å². The van der Waals surface area contributed by atoms with Gasteiger partial charge in [-0.1, -0.05) is 35.9 Å². The highest BCUT2D eigenvalue weighted by Crippen LogP contribution is 2.16. The van der Waals surface area contributed by atoms with Crippen LogP contribution in [-0.2, 0) is 17.9 Å². The monoisotopic (exact) mass is 414 g/mol. The molecule has 0 bridgehead atoms. The van der Waals surface area contributed by atoms with Crippen molar-refractivity contribution in [1.82, 2.24) is 14.1 Å². The molecule has 0 amide bonds. The molecule has 0 saturated carbocycles. The Labute approximate surface area is 173 Å². The second-order valence-corrected chi connectivity index (χ2v) is 7.37. The number of benzene rings is 2. The highest BCUT2D eigenvalue weighted by molar-refractivity contribution is 6.30. The van der Waals surface area contributed by atoms with Crippen molar-refractivity contribution in [1.29, 1.82) is 0 Å². The Bertz CT molecular complexity index is 1090. The van der Waals surface area contributed by atoms with Crippen LogP contribution in [0.5, 0.6) is 0 Å². The van der Waals surface area contributed by atoms with E-state index in [1.165, 1.54) is 4.57 Å². The van der Waals surface area contributed by atoms with Crippen molar-refractivity contribution in [3.8, 4) is 0 Å². The number of methoxy groups -OCH3 is 1. The summed E-state index contributed by atoms with van der Waals surface area (Å²) in [7, 11) is 1.63. The van der Waals surface area contributed by atoms with Crippen molar-refractivity contribution in [3.05, 3.63) is 85.6 Å². The largest absolute Gasteiger partial charge is 0.380 e. The average molecular weight is 415 g/mol. The van der Waals surface area contributed by atoms with Gasteiger partial charge in [-0.15, -0.1) is 0 Å². The number of nitrogens with zero attached hydrogens (tertiary/aromatic N) is 3. The number of nitrogens with one attached hydrogen (secondary N) is 1. The molecule has 0 aliphatic carbocycles. The standard InChI is InChI=1S/C21H23ClN4O3/c1-14(2)26-20(27)24-19(23-18-10-6-16(7-11-18)13-29-3)25(21(26)28)12-15-4-8-17(22)9-5-15/h4-11,14H,12-13H2,1-3H3,(H,23,24,27). The van der Waals surface area contributed by atoms with Crippen LogP contribution in [0.1, 0.15) is 31.0 Å². The van der Waals surface area contributed by atoms with Gasteiger partial charge in [-0.05, 0) is 49.2 Å². The quantitative estimate of drug-likeness (QED) is 0.639. The molecule has 0 fully saturated rings. The van der Waals surface area contributed by atoms with Crippen LogP contribution < -0.4 is 16.7 Å². The minimum Gasteiger partial charge on any atom is -0.380 e. The summed E-state index contributed by atoms with van der Waals surface area (Å²) in [6.45, 7) is 4.31. The second-order valence-electron chi connectivity index (χ2n) is 6.93. The van der Waals surface area contributed by atoms with Crippen molar-refractivity contribution < 1.29 is 4.74 Å². The first-order valence-corrected chi connectivity index (χ1v) is 9.59. The highest BCUT2D eigenvalue weighted by Gasteiger charge is 2.16. The van der Waals surface area contributed by atoms with Crippen molar-refractivity contribution >= 4 is 23.2 Å². The van der Waals surface area contributed by atoms with E-state index >= 15 is 0 Å². The van der Waals surface area contributed by atoms with E-state index in [-0.39, 0.29) is 18.5 Å². The minimum absolute atomic E-state index is 0.186. The molecule has 1 heterocycles. The second kappa shape index (κ2) is 9.07. The van der Waals surface area contributed by atoms with E-state index in [0.29, 0.717) is 17.3 Å². The number of ether oxygens (including phenoxy) is 1. The smallest absolute Gasteiger partial charge is 0.355 e. The highest BCUT2D eigenvalue weighted by atomic mass is 35.5. The Hall–Kier alpha value is -2.90. The van der Waals surface area contributed by atoms with Gasteiger partial charge in [0.1, 0.15) is 0 Å². The summed E-state index contributed by atoms with van der Waals surface area (Å²) in [5.74, 6) is 0.186. The van der Waals surface area contributed by atoms with Crippen molar-refractivity contribution in [3.63, 3.8) is 0 Å². The van der Waals surface area contributed by atoms with Crippen LogP contribution in [0.25, 0.3) is 0 Å². The van der Waals surface area contributed by atoms with Crippen LogP contribution in [0, 0.1) is 0 Å². The Kier molecular flexibility index (Phi) is 6.51. The maximum atomic E-state index is 13.1. The summed E-state index contributed by atoms with van der Waals surface area (Å²) >= 11 is 5.96. The van der Waals surface area contributed by atoms with E-state index in [4.69, 9.17) is 16.3 Å². The molecule has 0 aliphatic rings. The number of rotatable bonds is 7. The van der Waals surface area contributed by atoms with Gasteiger partial charge in [0.15, 0.2) is 0 Å². The van der Waals surface area contributed by atoms with Crippen LogP contribution in [0.2, 0.25) is 5.02 Å². The average Bonchev–Trinajstić information content (AvgIpc) is 2.67. The lowest BCUT2D eigenvalue weighted by molar-refractivity contribution is 0.185. The third kappa shape index (κ3) is 4.93. The zero-order valence-electron chi connectivity index (χ0n) is 16.6. The minimum atomic E-state index is -0.587. The number of hydrogen-bond donors (Lipinski definition) is 1. The van der Waals surface area contributed by atoms with E-state index in [9.17, 15) is 9.59 Å². The van der Waals surface area contributed by atoms with Crippen molar-refractivity contribution in [2.75, 3.05) is 12.4 Å². The summed E-state index contributed by atoms with van der Waals surface area (Å²) < 4.78 is 7.71. The molecule has 1 N–H and O–H groups in total. The summed E-state index contributed by atoms with van der Waals surface area (Å²) in [6.07, 6.45) is 0. The molecule has 8 heteroatoms. The predicted octanol–water partition coefficient (Wildman–Crippen LogP) is 3.58. The first-order valence-electron chi connectivity index (χ1n) is 9.21. The SMILES string of the molecule is COCc1ccc(Nc2nc(=O)n(C(C)C)c(=O)n2Cc2ccc(Cl)cc2)cc1. The molecule has 0 saturated heterocycles. The molecular weight excluding hydrogens is 392 g/mol. The lowest BCUT2D eigenvalue weighted by Gasteiger charge is -2.17. The van der Waals surface area contributed by atoms with Gasteiger partial charge in [-0.3, -0.25) is 4.57 Å². The van der Waals surface area contributed by atoms with Crippen LogP contribution in [0.3, 0.4) is 0 Å². The predicted molar refractivity (Wildman–Crippen MR) is 114 cm³/mol. The molecule has 0 atom stereocenters. The van der Waals surface area contributed by atoms with Gasteiger partial charge in [0, 0.05) is 23.9 Å². The van der Waals surface area contributed by atoms with Crippen molar-refractivity contribution in [2.24, 2.45) is 0 Å². The third-order valence-electron chi connectivity index (χ3n) is 4.39. The number of hydrogen-bond acceptors (Lipinski definition) is 5.